The average Bonchev–Trinajstić information content (AvgIpc) is 2.62. The second-order valence-electron chi connectivity index (χ2n) is 5.81. The van der Waals surface area contributed by atoms with Crippen molar-refractivity contribution in [3.05, 3.63) is 60.7 Å². The van der Waals surface area contributed by atoms with Gasteiger partial charge in [-0.2, -0.15) is 5.26 Å². The van der Waals surface area contributed by atoms with Gasteiger partial charge < -0.3 is 0 Å². The van der Waals surface area contributed by atoms with Crippen molar-refractivity contribution < 1.29 is 0 Å². The van der Waals surface area contributed by atoms with Crippen LogP contribution >= 0.6 is 17.6 Å². The fourth-order valence-corrected chi connectivity index (χ4v) is 7.39. The zero-order chi connectivity index (χ0) is 16.8. The molecule has 0 saturated heterocycles. The Kier molecular flexibility index (Phi) is 6.42. The lowest BCUT2D eigenvalue weighted by atomic mass is 10.1. The van der Waals surface area contributed by atoms with E-state index in [1.807, 2.05) is 43.3 Å². The predicted octanol–water partition coefficient (Wildman–Crippen LogP) is 4.81. The Morgan fingerprint density at radius 2 is 1.48 bits per heavy atom. The van der Waals surface area contributed by atoms with Crippen LogP contribution in [0.1, 0.15) is 26.2 Å². The molecule has 0 aliphatic heterocycles. The van der Waals surface area contributed by atoms with Crippen LogP contribution in [0, 0.1) is 11.3 Å². The van der Waals surface area contributed by atoms with Gasteiger partial charge in [0.15, 0.2) is 0 Å². The highest BCUT2D eigenvalue weighted by Gasteiger charge is 2.42. The molecule has 1 atom stereocenters. The van der Waals surface area contributed by atoms with Gasteiger partial charge >= 0.3 is 0 Å². The van der Waals surface area contributed by atoms with Crippen LogP contribution in [0.5, 0.6) is 0 Å². The third-order valence-electron chi connectivity index (χ3n) is 4.22. The van der Waals surface area contributed by atoms with Crippen LogP contribution in [0.4, 0.5) is 0 Å². The van der Waals surface area contributed by atoms with E-state index in [4.69, 9.17) is 23.4 Å². The predicted molar refractivity (Wildman–Crippen MR) is 105 cm³/mol. The third-order valence-corrected chi connectivity index (χ3v) is 10.7. The fourth-order valence-electron chi connectivity index (χ4n) is 2.84. The Morgan fingerprint density at radius 1 is 1.00 bits per heavy atom. The summed E-state index contributed by atoms with van der Waals surface area (Å²) in [6.45, 7) is 2.03. The Hall–Kier alpha value is -1.13. The molecule has 0 aliphatic carbocycles. The standard InChI is InChI=1S/C19H21ClNPS/c1-19(16-21,14-8-9-15-20)22(23,17-10-4-2-5-11-17)18-12-6-3-7-13-18/h2-7,10-13H,8-9,14-15H2,1H3. The van der Waals surface area contributed by atoms with Crippen molar-refractivity contribution in [1.82, 2.24) is 0 Å². The van der Waals surface area contributed by atoms with Gasteiger partial charge in [0.2, 0.25) is 0 Å². The molecule has 4 heteroatoms. The Bertz CT molecular complexity index is 668. The monoisotopic (exact) mass is 361 g/mol. The number of halogens is 1. The number of unbranched alkanes of at least 4 members (excludes halogenated alkanes) is 1. The maximum absolute atomic E-state index is 10.0. The minimum atomic E-state index is -2.26. The zero-order valence-electron chi connectivity index (χ0n) is 13.3. The van der Waals surface area contributed by atoms with Crippen LogP contribution in [0.3, 0.4) is 0 Å². The fraction of sp³-hybridized carbons (Fsp3) is 0.316. The summed E-state index contributed by atoms with van der Waals surface area (Å²) in [4.78, 5) is 0. The number of benzene rings is 2. The molecular weight excluding hydrogens is 341 g/mol. The third kappa shape index (κ3) is 3.69. The first kappa shape index (κ1) is 18.2. The van der Waals surface area contributed by atoms with Gasteiger partial charge in [-0.15, -0.1) is 11.6 Å². The van der Waals surface area contributed by atoms with Crippen LogP contribution in [-0.2, 0) is 11.8 Å². The molecule has 2 rings (SSSR count). The first-order valence-electron chi connectivity index (χ1n) is 7.77. The van der Waals surface area contributed by atoms with Crippen molar-refractivity contribution in [2.75, 3.05) is 5.88 Å². The van der Waals surface area contributed by atoms with Crippen molar-refractivity contribution in [2.24, 2.45) is 0 Å². The van der Waals surface area contributed by atoms with Crippen molar-refractivity contribution in [1.29, 1.82) is 5.26 Å². The summed E-state index contributed by atoms with van der Waals surface area (Å²) in [5.41, 5.74) is 0. The number of hydrogen-bond acceptors (Lipinski definition) is 2. The number of nitriles is 1. The molecule has 0 saturated carbocycles. The molecule has 23 heavy (non-hydrogen) atoms. The van der Waals surface area contributed by atoms with Crippen molar-refractivity contribution in [3.8, 4) is 6.07 Å². The van der Waals surface area contributed by atoms with E-state index in [-0.39, 0.29) is 0 Å². The van der Waals surface area contributed by atoms with Crippen molar-refractivity contribution in [3.63, 3.8) is 0 Å². The SMILES string of the molecule is CC(C#N)(CCCCCl)P(=S)(c1ccccc1)c1ccccc1. The molecule has 0 spiro atoms. The van der Waals surface area contributed by atoms with E-state index < -0.39 is 11.2 Å². The maximum atomic E-state index is 10.0. The molecule has 0 aliphatic rings. The molecule has 1 unspecified atom stereocenters. The quantitative estimate of drug-likeness (QED) is 0.401. The van der Waals surface area contributed by atoms with E-state index in [0.717, 1.165) is 29.9 Å². The lowest BCUT2D eigenvalue weighted by Gasteiger charge is -2.36. The molecule has 120 valence electrons. The van der Waals surface area contributed by atoms with Gasteiger partial charge in [-0.3, -0.25) is 0 Å². The van der Waals surface area contributed by atoms with E-state index in [9.17, 15) is 5.26 Å². The molecule has 2 aromatic carbocycles. The molecule has 0 fully saturated rings. The van der Waals surface area contributed by atoms with E-state index in [0.29, 0.717) is 5.88 Å². The molecule has 0 bridgehead atoms. The van der Waals surface area contributed by atoms with E-state index in [1.54, 1.807) is 0 Å². The maximum Gasteiger partial charge on any atom is 0.0909 e. The van der Waals surface area contributed by atoms with Crippen molar-refractivity contribution >= 4 is 40.1 Å². The topological polar surface area (TPSA) is 23.8 Å². The number of rotatable bonds is 7. The summed E-state index contributed by atoms with van der Waals surface area (Å²) in [6, 6.07) is 20.6. The molecule has 2 aromatic rings. The summed E-state index contributed by atoms with van der Waals surface area (Å²) >= 11 is 12.1. The molecule has 0 heterocycles. The van der Waals surface area contributed by atoms with Gasteiger partial charge in [-0.25, -0.2) is 0 Å². The van der Waals surface area contributed by atoms with Gasteiger partial charge in [0.25, 0.3) is 0 Å². The number of hydrogen-bond donors (Lipinski definition) is 0. The Balaban J connectivity index is 2.58. The largest absolute Gasteiger partial charge is 0.197 e. The van der Waals surface area contributed by atoms with Gasteiger partial charge in [0.05, 0.1) is 11.2 Å². The van der Waals surface area contributed by atoms with Crippen LogP contribution < -0.4 is 10.6 Å². The summed E-state index contributed by atoms with van der Waals surface area (Å²) in [6.07, 6.45) is 2.61. The number of alkyl halides is 1. The highest BCUT2D eigenvalue weighted by Crippen LogP contribution is 2.58. The summed E-state index contributed by atoms with van der Waals surface area (Å²) in [7, 11) is 0. The highest BCUT2D eigenvalue weighted by molar-refractivity contribution is 8.22. The zero-order valence-corrected chi connectivity index (χ0v) is 15.7. The smallest absolute Gasteiger partial charge is 0.0909 e. The van der Waals surface area contributed by atoms with Crippen molar-refractivity contribution in [2.45, 2.75) is 31.3 Å². The normalized spacial score (nSPS) is 14.0. The molecule has 0 aromatic heterocycles. The molecule has 0 N–H and O–H groups in total. The Morgan fingerprint density at radius 3 is 1.87 bits per heavy atom. The summed E-state index contributed by atoms with van der Waals surface area (Å²) < 4.78 is 0. The van der Waals surface area contributed by atoms with Gasteiger partial charge in [-0.05, 0) is 30.4 Å². The van der Waals surface area contributed by atoms with E-state index >= 15 is 0 Å². The molecule has 1 nitrogen and oxygen atoms in total. The average molecular weight is 362 g/mol. The van der Waals surface area contributed by atoms with E-state index in [1.165, 1.54) is 0 Å². The minimum Gasteiger partial charge on any atom is -0.197 e. The lowest BCUT2D eigenvalue weighted by molar-refractivity contribution is 0.641. The lowest BCUT2D eigenvalue weighted by Crippen LogP contribution is -2.34. The summed E-state index contributed by atoms with van der Waals surface area (Å²) in [5.74, 6) is 0.626. The molecule has 0 radical (unpaired) electrons. The minimum absolute atomic E-state index is 0.572. The van der Waals surface area contributed by atoms with Crippen LogP contribution in [0.2, 0.25) is 0 Å². The Labute approximate surface area is 149 Å². The second kappa shape index (κ2) is 8.11. The van der Waals surface area contributed by atoms with Gasteiger partial charge in [-0.1, -0.05) is 78.9 Å². The van der Waals surface area contributed by atoms with Crippen LogP contribution in [0.15, 0.2) is 60.7 Å². The van der Waals surface area contributed by atoms with Gasteiger partial charge in [0.1, 0.15) is 0 Å². The first-order chi connectivity index (χ1) is 11.1. The van der Waals surface area contributed by atoms with Crippen LogP contribution in [0.25, 0.3) is 0 Å². The van der Waals surface area contributed by atoms with Gasteiger partial charge in [0, 0.05) is 11.9 Å². The van der Waals surface area contributed by atoms with E-state index in [2.05, 4.69) is 30.3 Å². The molecule has 0 amide bonds. The summed E-state index contributed by atoms with van der Waals surface area (Å²) in [5, 5.41) is 11.7. The second-order valence-corrected chi connectivity index (χ2v) is 11.1. The number of nitrogens with zero attached hydrogens (tertiary/aromatic N) is 1. The first-order valence-corrected chi connectivity index (χ1v) is 11.1. The van der Waals surface area contributed by atoms with Crippen LogP contribution in [-0.4, -0.2) is 11.0 Å². The highest BCUT2D eigenvalue weighted by atomic mass is 35.5. The molecular formula is C19H21ClNPS.